The van der Waals surface area contributed by atoms with Gasteiger partial charge in [-0.1, -0.05) is 30.3 Å². The molecule has 1 aliphatic rings. The van der Waals surface area contributed by atoms with E-state index in [1.165, 1.54) is 16.0 Å². The van der Waals surface area contributed by atoms with Crippen molar-refractivity contribution in [3.05, 3.63) is 57.8 Å². The van der Waals surface area contributed by atoms with E-state index < -0.39 is 0 Å². The van der Waals surface area contributed by atoms with Crippen LogP contribution in [0.1, 0.15) is 40.6 Å². The van der Waals surface area contributed by atoms with Crippen molar-refractivity contribution in [2.75, 3.05) is 20.6 Å². The molecular formula is C17H23N3S. The fraction of sp³-hybridized carbons (Fsp3) is 0.412. The molecule has 3 N–H and O–H groups in total. The third-order valence-electron chi connectivity index (χ3n) is 4.31. The van der Waals surface area contributed by atoms with Gasteiger partial charge >= 0.3 is 0 Å². The average molecular weight is 301 g/mol. The van der Waals surface area contributed by atoms with E-state index in [4.69, 9.17) is 5.73 Å². The summed E-state index contributed by atoms with van der Waals surface area (Å²) in [5.74, 6) is 0. The molecule has 0 spiro atoms. The summed E-state index contributed by atoms with van der Waals surface area (Å²) in [5.41, 5.74) is 8.92. The smallest absolute Gasteiger partial charge is 0.0561 e. The van der Waals surface area contributed by atoms with Crippen molar-refractivity contribution in [2.24, 2.45) is 5.73 Å². The Kier molecular flexibility index (Phi) is 4.40. The van der Waals surface area contributed by atoms with Crippen LogP contribution in [0.15, 0.2) is 41.8 Å². The summed E-state index contributed by atoms with van der Waals surface area (Å²) >= 11 is 1.82. The number of likely N-dealkylation sites (N-methyl/N-ethyl adjacent to an activating group) is 1. The van der Waals surface area contributed by atoms with Gasteiger partial charge in [-0.05, 0) is 43.1 Å². The second kappa shape index (κ2) is 6.28. The molecule has 21 heavy (non-hydrogen) atoms. The summed E-state index contributed by atoms with van der Waals surface area (Å²) in [4.78, 5) is 3.68. The van der Waals surface area contributed by atoms with E-state index in [0.717, 1.165) is 13.0 Å². The zero-order valence-corrected chi connectivity index (χ0v) is 13.4. The van der Waals surface area contributed by atoms with E-state index >= 15 is 0 Å². The number of nitrogens with two attached hydrogens (primary N) is 1. The molecule has 0 fully saturated rings. The van der Waals surface area contributed by atoms with Crippen LogP contribution in [0.5, 0.6) is 0 Å². The Labute approximate surface area is 130 Å². The SMILES string of the molecule is CN(C)C(CNC1CC(N)c2ccccc21)c1cccs1. The maximum absolute atomic E-state index is 6.25. The van der Waals surface area contributed by atoms with Gasteiger partial charge in [0.2, 0.25) is 0 Å². The Morgan fingerprint density at radius 3 is 2.67 bits per heavy atom. The number of hydrogen-bond acceptors (Lipinski definition) is 4. The first-order chi connectivity index (χ1) is 10.2. The van der Waals surface area contributed by atoms with Gasteiger partial charge in [-0.2, -0.15) is 0 Å². The number of nitrogens with one attached hydrogen (secondary N) is 1. The zero-order chi connectivity index (χ0) is 14.8. The van der Waals surface area contributed by atoms with Crippen LogP contribution >= 0.6 is 11.3 Å². The fourth-order valence-electron chi connectivity index (χ4n) is 3.14. The molecule has 0 saturated carbocycles. The fourth-order valence-corrected chi connectivity index (χ4v) is 4.06. The van der Waals surface area contributed by atoms with E-state index in [0.29, 0.717) is 12.1 Å². The van der Waals surface area contributed by atoms with Crippen LogP contribution < -0.4 is 11.1 Å². The Morgan fingerprint density at radius 1 is 1.24 bits per heavy atom. The molecule has 0 radical (unpaired) electrons. The topological polar surface area (TPSA) is 41.3 Å². The molecule has 1 aromatic carbocycles. The Balaban J connectivity index is 1.70. The molecule has 3 nitrogen and oxygen atoms in total. The molecule has 0 bridgehead atoms. The van der Waals surface area contributed by atoms with Crippen molar-refractivity contribution in [3.8, 4) is 0 Å². The van der Waals surface area contributed by atoms with Crippen molar-refractivity contribution < 1.29 is 0 Å². The maximum atomic E-state index is 6.25. The van der Waals surface area contributed by atoms with Crippen LogP contribution in [0.4, 0.5) is 0 Å². The van der Waals surface area contributed by atoms with Crippen molar-refractivity contribution >= 4 is 11.3 Å². The molecule has 3 atom stereocenters. The summed E-state index contributed by atoms with van der Waals surface area (Å²) in [6.45, 7) is 0.944. The third kappa shape index (κ3) is 3.04. The van der Waals surface area contributed by atoms with Crippen molar-refractivity contribution in [1.82, 2.24) is 10.2 Å². The van der Waals surface area contributed by atoms with Gasteiger partial charge in [-0.15, -0.1) is 11.3 Å². The van der Waals surface area contributed by atoms with Crippen LogP contribution in [0, 0.1) is 0 Å². The van der Waals surface area contributed by atoms with E-state index in [9.17, 15) is 0 Å². The zero-order valence-electron chi connectivity index (χ0n) is 12.6. The summed E-state index contributed by atoms with van der Waals surface area (Å²) in [6, 6.07) is 13.8. The van der Waals surface area contributed by atoms with Gasteiger partial charge in [0.15, 0.2) is 0 Å². The van der Waals surface area contributed by atoms with Gasteiger partial charge in [0.05, 0.1) is 6.04 Å². The highest BCUT2D eigenvalue weighted by atomic mass is 32.1. The van der Waals surface area contributed by atoms with E-state index in [2.05, 4.69) is 66.1 Å². The highest BCUT2D eigenvalue weighted by Crippen LogP contribution is 2.37. The van der Waals surface area contributed by atoms with Gasteiger partial charge in [-0.25, -0.2) is 0 Å². The highest BCUT2D eigenvalue weighted by molar-refractivity contribution is 7.10. The summed E-state index contributed by atoms with van der Waals surface area (Å²) in [5, 5.41) is 5.87. The summed E-state index contributed by atoms with van der Waals surface area (Å²) in [7, 11) is 4.28. The molecule has 4 heteroatoms. The minimum absolute atomic E-state index is 0.165. The van der Waals surface area contributed by atoms with Crippen molar-refractivity contribution in [1.29, 1.82) is 0 Å². The summed E-state index contributed by atoms with van der Waals surface area (Å²) in [6.07, 6.45) is 0.990. The molecule has 1 heterocycles. The third-order valence-corrected chi connectivity index (χ3v) is 5.29. The van der Waals surface area contributed by atoms with Crippen molar-refractivity contribution in [2.45, 2.75) is 24.5 Å². The van der Waals surface area contributed by atoms with Crippen LogP contribution in [0.25, 0.3) is 0 Å². The van der Waals surface area contributed by atoms with Gasteiger partial charge in [0.25, 0.3) is 0 Å². The molecular weight excluding hydrogens is 278 g/mol. The molecule has 3 unspecified atom stereocenters. The highest BCUT2D eigenvalue weighted by Gasteiger charge is 2.28. The first-order valence-corrected chi connectivity index (χ1v) is 8.32. The minimum Gasteiger partial charge on any atom is -0.324 e. The normalized spacial score (nSPS) is 22.5. The second-order valence-electron chi connectivity index (χ2n) is 5.93. The largest absolute Gasteiger partial charge is 0.324 e. The molecule has 3 rings (SSSR count). The first-order valence-electron chi connectivity index (χ1n) is 7.44. The van der Waals surface area contributed by atoms with E-state index in [1.807, 2.05) is 11.3 Å². The van der Waals surface area contributed by atoms with Crippen LogP contribution in [0.2, 0.25) is 0 Å². The Bertz CT molecular complexity index is 579. The van der Waals surface area contributed by atoms with Gasteiger partial charge < -0.3 is 16.0 Å². The number of nitrogens with zero attached hydrogens (tertiary/aromatic N) is 1. The number of thiophene rings is 1. The lowest BCUT2D eigenvalue weighted by Gasteiger charge is -2.26. The number of hydrogen-bond donors (Lipinski definition) is 2. The molecule has 0 saturated heterocycles. The number of rotatable bonds is 5. The van der Waals surface area contributed by atoms with Crippen LogP contribution in [-0.4, -0.2) is 25.5 Å². The van der Waals surface area contributed by atoms with Gasteiger partial charge in [0.1, 0.15) is 0 Å². The summed E-state index contributed by atoms with van der Waals surface area (Å²) < 4.78 is 0. The van der Waals surface area contributed by atoms with Crippen LogP contribution in [-0.2, 0) is 0 Å². The predicted molar refractivity (Wildman–Crippen MR) is 89.5 cm³/mol. The Morgan fingerprint density at radius 2 is 2.00 bits per heavy atom. The lowest BCUT2D eigenvalue weighted by Crippen LogP contribution is -2.32. The Hall–Kier alpha value is -1.20. The monoisotopic (exact) mass is 301 g/mol. The average Bonchev–Trinajstić information content (AvgIpc) is 3.09. The molecule has 1 aromatic heterocycles. The van der Waals surface area contributed by atoms with Crippen molar-refractivity contribution in [3.63, 3.8) is 0 Å². The number of fused-ring (bicyclic) bond motifs is 1. The molecule has 0 aliphatic heterocycles. The van der Waals surface area contributed by atoms with E-state index in [1.54, 1.807) is 0 Å². The van der Waals surface area contributed by atoms with E-state index in [-0.39, 0.29) is 6.04 Å². The standard InChI is InChI=1S/C17H23N3S/c1-20(2)16(17-8-5-9-21-17)11-19-15-10-14(18)12-6-3-4-7-13(12)15/h3-9,14-16,19H,10-11,18H2,1-2H3. The van der Waals surface area contributed by atoms with Crippen LogP contribution in [0.3, 0.4) is 0 Å². The lowest BCUT2D eigenvalue weighted by atomic mass is 10.1. The molecule has 1 aliphatic carbocycles. The predicted octanol–water partition coefficient (Wildman–Crippen LogP) is 3.09. The maximum Gasteiger partial charge on any atom is 0.0561 e. The number of benzene rings is 1. The van der Waals surface area contributed by atoms with Gasteiger partial charge in [0, 0.05) is 23.5 Å². The molecule has 112 valence electrons. The lowest BCUT2D eigenvalue weighted by molar-refractivity contribution is 0.282. The molecule has 0 amide bonds. The minimum atomic E-state index is 0.165. The second-order valence-corrected chi connectivity index (χ2v) is 6.91. The molecule has 2 aromatic rings. The van der Waals surface area contributed by atoms with Gasteiger partial charge in [-0.3, -0.25) is 0 Å². The quantitative estimate of drug-likeness (QED) is 0.892. The first kappa shape index (κ1) is 14.7.